The Morgan fingerprint density at radius 3 is 2.19 bits per heavy atom. The molecule has 3 nitrogen and oxygen atoms in total. The number of aliphatic hydroxyl groups is 1. The smallest absolute Gasteiger partial charge is 0.0587 e. The van der Waals surface area contributed by atoms with Gasteiger partial charge in [0.15, 0.2) is 0 Å². The summed E-state index contributed by atoms with van der Waals surface area (Å²) in [4.78, 5) is 2.09. The third-order valence-corrected chi connectivity index (χ3v) is 3.59. The van der Waals surface area contributed by atoms with Gasteiger partial charge in [-0.2, -0.15) is 0 Å². The highest BCUT2D eigenvalue weighted by molar-refractivity contribution is 5.45. The fourth-order valence-electron chi connectivity index (χ4n) is 2.27. The second-order valence-electron chi connectivity index (χ2n) is 5.51. The zero-order chi connectivity index (χ0) is 15.1. The molecule has 0 fully saturated rings. The van der Waals surface area contributed by atoms with Crippen molar-refractivity contribution in [2.24, 2.45) is 0 Å². The first-order valence-corrected chi connectivity index (χ1v) is 7.33. The first-order valence-electron chi connectivity index (χ1n) is 7.33. The van der Waals surface area contributed by atoms with Crippen LogP contribution in [0.3, 0.4) is 0 Å². The van der Waals surface area contributed by atoms with E-state index in [1.54, 1.807) is 0 Å². The van der Waals surface area contributed by atoms with Crippen LogP contribution in [0.5, 0.6) is 0 Å². The van der Waals surface area contributed by atoms with E-state index in [4.69, 9.17) is 0 Å². The summed E-state index contributed by atoms with van der Waals surface area (Å²) in [6.07, 6.45) is 0.840. The van der Waals surface area contributed by atoms with Crippen LogP contribution >= 0.6 is 0 Å². The van der Waals surface area contributed by atoms with Crippen molar-refractivity contribution in [2.45, 2.75) is 19.0 Å². The molecule has 2 rings (SSSR count). The monoisotopic (exact) mass is 284 g/mol. The molecule has 2 N–H and O–H groups in total. The second kappa shape index (κ2) is 7.81. The highest BCUT2D eigenvalue weighted by atomic mass is 16.3. The minimum absolute atomic E-state index is 0.0842. The van der Waals surface area contributed by atoms with E-state index in [0.29, 0.717) is 0 Å². The van der Waals surface area contributed by atoms with Crippen molar-refractivity contribution < 1.29 is 5.11 Å². The summed E-state index contributed by atoms with van der Waals surface area (Å²) in [5.74, 6) is 0. The summed E-state index contributed by atoms with van der Waals surface area (Å²) >= 11 is 0. The third kappa shape index (κ3) is 4.88. The Morgan fingerprint density at radius 1 is 0.952 bits per heavy atom. The van der Waals surface area contributed by atoms with Gasteiger partial charge >= 0.3 is 0 Å². The maximum Gasteiger partial charge on any atom is 0.0587 e. The molecule has 0 saturated heterocycles. The number of hydrogen-bond donors (Lipinski definition) is 2. The van der Waals surface area contributed by atoms with Crippen molar-refractivity contribution in [2.75, 3.05) is 25.6 Å². The van der Waals surface area contributed by atoms with Crippen molar-refractivity contribution in [1.82, 2.24) is 5.32 Å². The quantitative estimate of drug-likeness (QED) is 0.820. The average molecular weight is 284 g/mol. The number of rotatable bonds is 7. The van der Waals surface area contributed by atoms with Gasteiger partial charge in [0.25, 0.3) is 0 Å². The maximum atomic E-state index is 9.51. The molecule has 112 valence electrons. The lowest BCUT2D eigenvalue weighted by atomic mass is 10.1. The highest BCUT2D eigenvalue weighted by Gasteiger charge is 2.07. The summed E-state index contributed by atoms with van der Waals surface area (Å²) in [6, 6.07) is 18.8. The van der Waals surface area contributed by atoms with Crippen LogP contribution in [0.4, 0.5) is 5.69 Å². The van der Waals surface area contributed by atoms with E-state index in [9.17, 15) is 5.11 Å². The van der Waals surface area contributed by atoms with E-state index in [2.05, 4.69) is 46.6 Å². The molecule has 0 aromatic heterocycles. The molecule has 0 aliphatic heterocycles. The Bertz CT molecular complexity index is 523. The first kappa shape index (κ1) is 15.5. The number of nitrogens with zero attached hydrogens (tertiary/aromatic N) is 1. The summed E-state index contributed by atoms with van der Waals surface area (Å²) in [5, 5.41) is 12.9. The molecule has 2 aromatic carbocycles. The summed E-state index contributed by atoms with van der Waals surface area (Å²) in [6.45, 7) is 0.913. The normalized spacial score (nSPS) is 12.1. The van der Waals surface area contributed by atoms with Gasteiger partial charge in [0.05, 0.1) is 6.61 Å². The molecule has 0 spiro atoms. The van der Waals surface area contributed by atoms with E-state index >= 15 is 0 Å². The summed E-state index contributed by atoms with van der Waals surface area (Å²) in [5.41, 5.74) is 3.67. The van der Waals surface area contributed by atoms with Gasteiger partial charge < -0.3 is 15.3 Å². The number of nitrogens with one attached hydrogen (secondary N) is 1. The van der Waals surface area contributed by atoms with Gasteiger partial charge in [-0.1, -0.05) is 42.5 Å². The van der Waals surface area contributed by atoms with Gasteiger partial charge in [0.1, 0.15) is 0 Å². The lowest BCUT2D eigenvalue weighted by molar-refractivity contribution is 0.241. The predicted octanol–water partition coefficient (Wildman–Crippen LogP) is 2.45. The molecule has 1 atom stereocenters. The SMILES string of the molecule is CN(C)c1ccc(CNC(CO)Cc2ccccc2)cc1. The van der Waals surface area contributed by atoms with Crippen molar-refractivity contribution in [1.29, 1.82) is 0 Å². The van der Waals surface area contributed by atoms with Crippen molar-refractivity contribution in [3.05, 3.63) is 65.7 Å². The highest BCUT2D eigenvalue weighted by Crippen LogP contribution is 2.12. The minimum Gasteiger partial charge on any atom is -0.395 e. The van der Waals surface area contributed by atoms with Gasteiger partial charge in [-0.15, -0.1) is 0 Å². The Morgan fingerprint density at radius 2 is 1.62 bits per heavy atom. The van der Waals surface area contributed by atoms with Crippen LogP contribution in [0.15, 0.2) is 54.6 Å². The standard InChI is InChI=1S/C18H24N2O/c1-20(2)18-10-8-16(9-11-18)13-19-17(14-21)12-15-6-4-3-5-7-15/h3-11,17,19,21H,12-14H2,1-2H3. The molecule has 0 aliphatic rings. The number of hydrogen-bond acceptors (Lipinski definition) is 3. The van der Waals surface area contributed by atoms with Gasteiger partial charge in [-0.05, 0) is 29.7 Å². The lowest BCUT2D eigenvalue weighted by Crippen LogP contribution is -2.34. The molecule has 0 heterocycles. The van der Waals surface area contributed by atoms with E-state index in [-0.39, 0.29) is 12.6 Å². The topological polar surface area (TPSA) is 35.5 Å². The van der Waals surface area contributed by atoms with Crippen LogP contribution in [-0.4, -0.2) is 31.9 Å². The third-order valence-electron chi connectivity index (χ3n) is 3.59. The Labute approximate surface area is 127 Å². The average Bonchev–Trinajstić information content (AvgIpc) is 2.52. The van der Waals surface area contributed by atoms with Crippen LogP contribution in [-0.2, 0) is 13.0 Å². The molecule has 0 radical (unpaired) electrons. The maximum absolute atomic E-state index is 9.51. The van der Waals surface area contributed by atoms with Gasteiger partial charge in [-0.25, -0.2) is 0 Å². The van der Waals surface area contributed by atoms with Gasteiger partial charge in [-0.3, -0.25) is 0 Å². The molecule has 0 amide bonds. The largest absolute Gasteiger partial charge is 0.395 e. The van der Waals surface area contributed by atoms with E-state index < -0.39 is 0 Å². The van der Waals surface area contributed by atoms with Crippen LogP contribution in [0, 0.1) is 0 Å². The lowest BCUT2D eigenvalue weighted by Gasteiger charge is -2.17. The van der Waals surface area contributed by atoms with E-state index in [1.165, 1.54) is 16.8 Å². The Kier molecular flexibility index (Phi) is 5.78. The zero-order valence-corrected chi connectivity index (χ0v) is 12.8. The minimum atomic E-state index is 0.0842. The predicted molar refractivity (Wildman–Crippen MR) is 88.6 cm³/mol. The Balaban J connectivity index is 1.88. The van der Waals surface area contributed by atoms with Crippen LogP contribution < -0.4 is 10.2 Å². The van der Waals surface area contributed by atoms with Gasteiger partial charge in [0, 0.05) is 32.4 Å². The van der Waals surface area contributed by atoms with Crippen molar-refractivity contribution in [3.8, 4) is 0 Å². The molecule has 0 saturated carbocycles. The van der Waals surface area contributed by atoms with Crippen LogP contribution in [0.2, 0.25) is 0 Å². The first-order chi connectivity index (χ1) is 10.2. The zero-order valence-electron chi connectivity index (χ0n) is 12.8. The second-order valence-corrected chi connectivity index (χ2v) is 5.51. The molecule has 0 aliphatic carbocycles. The van der Waals surface area contributed by atoms with Crippen molar-refractivity contribution >= 4 is 5.69 Å². The number of anilines is 1. The van der Waals surface area contributed by atoms with Crippen LogP contribution in [0.1, 0.15) is 11.1 Å². The molecule has 0 bridgehead atoms. The van der Waals surface area contributed by atoms with Crippen molar-refractivity contribution in [3.63, 3.8) is 0 Å². The fourth-order valence-corrected chi connectivity index (χ4v) is 2.27. The van der Waals surface area contributed by atoms with E-state index in [0.717, 1.165) is 13.0 Å². The molecular formula is C18H24N2O. The summed E-state index contributed by atoms with van der Waals surface area (Å²) < 4.78 is 0. The fraction of sp³-hybridized carbons (Fsp3) is 0.333. The van der Waals surface area contributed by atoms with Crippen LogP contribution in [0.25, 0.3) is 0 Å². The number of benzene rings is 2. The number of aliphatic hydroxyl groups excluding tert-OH is 1. The molecule has 1 unspecified atom stereocenters. The Hall–Kier alpha value is -1.84. The molecule has 3 heteroatoms. The van der Waals surface area contributed by atoms with E-state index in [1.807, 2.05) is 32.3 Å². The van der Waals surface area contributed by atoms with Gasteiger partial charge in [0.2, 0.25) is 0 Å². The molecule has 21 heavy (non-hydrogen) atoms. The summed E-state index contributed by atoms with van der Waals surface area (Å²) in [7, 11) is 4.07. The molecular weight excluding hydrogens is 260 g/mol. The molecule has 2 aromatic rings.